The van der Waals surface area contributed by atoms with Crippen LogP contribution in [-0.2, 0) is 0 Å². The average molecular weight is 264 g/mol. The van der Waals surface area contributed by atoms with E-state index in [2.05, 4.69) is 21.2 Å². The van der Waals surface area contributed by atoms with Crippen molar-refractivity contribution in [1.29, 1.82) is 0 Å². The summed E-state index contributed by atoms with van der Waals surface area (Å²) in [5.41, 5.74) is 0.208. The van der Waals surface area contributed by atoms with Gasteiger partial charge in [0.25, 0.3) is 0 Å². The molecule has 1 aromatic carbocycles. The van der Waals surface area contributed by atoms with Crippen LogP contribution in [0.15, 0.2) is 16.6 Å². The molecule has 14 heavy (non-hydrogen) atoms. The molecule has 0 unspecified atom stereocenters. The first-order chi connectivity index (χ1) is 6.50. The molecular weight excluding hydrogens is 252 g/mol. The Hall–Kier alpha value is -0.640. The number of halogens is 3. The quantitative estimate of drug-likeness (QED) is 0.819. The maximum absolute atomic E-state index is 13.2. The number of benzene rings is 1. The Balaban J connectivity index is 2.82. The van der Waals surface area contributed by atoms with E-state index in [-0.39, 0.29) is 10.2 Å². The maximum atomic E-state index is 13.2. The van der Waals surface area contributed by atoms with Gasteiger partial charge in [0.05, 0.1) is 10.2 Å². The molecule has 0 heterocycles. The van der Waals surface area contributed by atoms with Crippen molar-refractivity contribution < 1.29 is 8.78 Å². The lowest BCUT2D eigenvalue weighted by Crippen LogP contribution is -2.09. The van der Waals surface area contributed by atoms with Crippen LogP contribution >= 0.6 is 15.9 Å². The number of anilines is 1. The van der Waals surface area contributed by atoms with E-state index in [4.69, 9.17) is 0 Å². The second-order valence-electron chi connectivity index (χ2n) is 3.52. The van der Waals surface area contributed by atoms with Gasteiger partial charge in [0, 0.05) is 12.6 Å². The van der Waals surface area contributed by atoms with Gasteiger partial charge < -0.3 is 5.32 Å². The summed E-state index contributed by atoms with van der Waals surface area (Å²) in [5.74, 6) is -0.516. The van der Waals surface area contributed by atoms with Gasteiger partial charge in [0.1, 0.15) is 11.6 Å². The molecule has 0 saturated heterocycles. The first-order valence-electron chi connectivity index (χ1n) is 4.39. The lowest BCUT2D eigenvalue weighted by molar-refractivity contribution is 0.593. The third kappa shape index (κ3) is 2.94. The Labute approximate surface area is 90.6 Å². The average Bonchev–Trinajstić information content (AvgIpc) is 2.09. The summed E-state index contributed by atoms with van der Waals surface area (Å²) >= 11 is 2.92. The van der Waals surface area contributed by atoms with E-state index in [9.17, 15) is 8.78 Å². The Morgan fingerprint density at radius 3 is 2.50 bits per heavy atom. The lowest BCUT2D eigenvalue weighted by Gasteiger charge is -2.10. The van der Waals surface area contributed by atoms with Gasteiger partial charge >= 0.3 is 0 Å². The van der Waals surface area contributed by atoms with Crippen LogP contribution in [0.4, 0.5) is 14.5 Å². The highest BCUT2D eigenvalue weighted by molar-refractivity contribution is 9.10. The van der Waals surface area contributed by atoms with Crippen LogP contribution in [0.5, 0.6) is 0 Å². The van der Waals surface area contributed by atoms with E-state index < -0.39 is 11.6 Å². The molecule has 0 aromatic heterocycles. The summed E-state index contributed by atoms with van der Waals surface area (Å²) < 4.78 is 26.4. The zero-order valence-corrected chi connectivity index (χ0v) is 9.66. The molecular formula is C10H12BrF2N. The highest BCUT2D eigenvalue weighted by Gasteiger charge is 2.07. The van der Waals surface area contributed by atoms with Crippen LogP contribution in [0.2, 0.25) is 0 Å². The number of hydrogen-bond acceptors (Lipinski definition) is 1. The zero-order chi connectivity index (χ0) is 10.7. The minimum absolute atomic E-state index is 0.144. The fourth-order valence-corrected chi connectivity index (χ4v) is 1.29. The third-order valence-electron chi connectivity index (χ3n) is 1.71. The Morgan fingerprint density at radius 1 is 1.29 bits per heavy atom. The van der Waals surface area contributed by atoms with Gasteiger partial charge in [-0.1, -0.05) is 13.8 Å². The molecule has 1 N–H and O–H groups in total. The first-order valence-corrected chi connectivity index (χ1v) is 5.18. The number of nitrogens with one attached hydrogen (secondary N) is 1. The fraction of sp³-hybridized carbons (Fsp3) is 0.400. The van der Waals surface area contributed by atoms with E-state index in [1.54, 1.807) is 0 Å². The van der Waals surface area contributed by atoms with Crippen molar-refractivity contribution in [2.24, 2.45) is 5.92 Å². The van der Waals surface area contributed by atoms with E-state index in [0.717, 1.165) is 12.1 Å². The van der Waals surface area contributed by atoms with E-state index in [1.165, 1.54) is 0 Å². The zero-order valence-electron chi connectivity index (χ0n) is 8.07. The Bertz CT molecular complexity index is 326. The molecule has 0 radical (unpaired) electrons. The van der Waals surface area contributed by atoms with Gasteiger partial charge in [0.15, 0.2) is 0 Å². The Morgan fingerprint density at radius 2 is 1.93 bits per heavy atom. The van der Waals surface area contributed by atoms with E-state index in [0.29, 0.717) is 12.5 Å². The summed E-state index contributed by atoms with van der Waals surface area (Å²) in [7, 11) is 0. The van der Waals surface area contributed by atoms with Crippen molar-refractivity contribution in [2.45, 2.75) is 13.8 Å². The minimum atomic E-state index is -0.461. The van der Waals surface area contributed by atoms with Crippen molar-refractivity contribution in [2.75, 3.05) is 11.9 Å². The molecule has 1 nitrogen and oxygen atoms in total. The topological polar surface area (TPSA) is 12.0 Å². The summed E-state index contributed by atoms with van der Waals surface area (Å²) in [6.45, 7) is 4.62. The second kappa shape index (κ2) is 4.73. The molecule has 1 aromatic rings. The second-order valence-corrected chi connectivity index (χ2v) is 4.38. The monoisotopic (exact) mass is 263 g/mol. The molecule has 78 valence electrons. The Kier molecular flexibility index (Phi) is 3.86. The highest BCUT2D eigenvalue weighted by atomic mass is 79.9. The summed E-state index contributed by atoms with van der Waals surface area (Å²) in [5, 5.41) is 2.84. The normalized spacial score (nSPS) is 10.7. The molecule has 0 amide bonds. The van der Waals surface area contributed by atoms with Crippen LogP contribution in [0.1, 0.15) is 13.8 Å². The molecule has 0 saturated carbocycles. The van der Waals surface area contributed by atoms with Crippen molar-refractivity contribution in [1.82, 2.24) is 0 Å². The molecule has 0 aliphatic carbocycles. The minimum Gasteiger partial charge on any atom is -0.382 e. The molecule has 0 bridgehead atoms. The van der Waals surface area contributed by atoms with Crippen LogP contribution < -0.4 is 5.32 Å². The molecule has 0 aliphatic rings. The molecule has 0 atom stereocenters. The lowest BCUT2D eigenvalue weighted by atomic mass is 10.2. The van der Waals surface area contributed by atoms with Crippen molar-refractivity contribution >= 4 is 21.6 Å². The van der Waals surface area contributed by atoms with Crippen LogP contribution in [0, 0.1) is 17.6 Å². The van der Waals surface area contributed by atoms with Gasteiger partial charge in [-0.05, 0) is 27.9 Å². The highest BCUT2D eigenvalue weighted by Crippen LogP contribution is 2.23. The SMILES string of the molecule is CC(C)CNc1cc(F)c(Br)cc1F. The predicted octanol–water partition coefficient (Wildman–Crippen LogP) is 3.80. The van der Waals surface area contributed by atoms with Gasteiger partial charge in [-0.2, -0.15) is 0 Å². The van der Waals surface area contributed by atoms with Gasteiger partial charge in [-0.15, -0.1) is 0 Å². The summed E-state index contributed by atoms with van der Waals surface area (Å²) in [6.07, 6.45) is 0. The van der Waals surface area contributed by atoms with Gasteiger partial charge in [-0.3, -0.25) is 0 Å². The van der Waals surface area contributed by atoms with Gasteiger partial charge in [-0.25, -0.2) is 8.78 Å². The number of rotatable bonds is 3. The molecule has 1 rings (SSSR count). The molecule has 0 aliphatic heterocycles. The van der Waals surface area contributed by atoms with Crippen molar-refractivity contribution in [3.8, 4) is 0 Å². The smallest absolute Gasteiger partial charge is 0.147 e. The van der Waals surface area contributed by atoms with Crippen molar-refractivity contribution in [3.63, 3.8) is 0 Å². The van der Waals surface area contributed by atoms with E-state index in [1.807, 2.05) is 13.8 Å². The van der Waals surface area contributed by atoms with Crippen LogP contribution in [0.3, 0.4) is 0 Å². The van der Waals surface area contributed by atoms with E-state index >= 15 is 0 Å². The predicted molar refractivity (Wildman–Crippen MR) is 57.4 cm³/mol. The standard InChI is InChI=1S/C10H12BrF2N/c1-6(2)5-14-10-4-8(12)7(11)3-9(10)13/h3-4,6,14H,5H2,1-2H3. The fourth-order valence-electron chi connectivity index (χ4n) is 0.972. The van der Waals surface area contributed by atoms with Crippen LogP contribution in [-0.4, -0.2) is 6.54 Å². The summed E-state index contributed by atoms with van der Waals surface area (Å²) in [6, 6.07) is 2.28. The summed E-state index contributed by atoms with van der Waals surface area (Å²) in [4.78, 5) is 0. The first kappa shape index (κ1) is 11.4. The van der Waals surface area contributed by atoms with Crippen molar-refractivity contribution in [3.05, 3.63) is 28.2 Å². The maximum Gasteiger partial charge on any atom is 0.147 e. The number of hydrogen-bond donors (Lipinski definition) is 1. The molecule has 0 spiro atoms. The molecule has 4 heteroatoms. The largest absolute Gasteiger partial charge is 0.382 e. The van der Waals surface area contributed by atoms with Crippen LogP contribution in [0.25, 0.3) is 0 Å². The third-order valence-corrected chi connectivity index (χ3v) is 2.32. The van der Waals surface area contributed by atoms with Gasteiger partial charge in [0.2, 0.25) is 0 Å². The molecule has 0 fully saturated rings.